The molecule has 0 aliphatic carbocycles. The number of aromatic nitrogens is 1. The third-order valence-electron chi connectivity index (χ3n) is 4.41. The molecule has 1 heterocycles. The summed E-state index contributed by atoms with van der Waals surface area (Å²) in [4.78, 5) is 15.9. The molecule has 31 heavy (non-hydrogen) atoms. The number of nitrogens with one attached hydrogen (secondary N) is 1. The van der Waals surface area contributed by atoms with Crippen LogP contribution >= 0.6 is 0 Å². The highest BCUT2D eigenvalue weighted by Gasteiger charge is 2.06. The Morgan fingerprint density at radius 2 is 1.74 bits per heavy atom. The van der Waals surface area contributed by atoms with Crippen LogP contribution in [-0.4, -0.2) is 37.4 Å². The number of hydrogen-bond donors (Lipinski definition) is 1. The van der Waals surface area contributed by atoms with Crippen molar-refractivity contribution < 1.29 is 19.0 Å². The molecule has 0 saturated carbocycles. The average Bonchev–Trinajstić information content (AvgIpc) is 2.81. The smallest absolute Gasteiger partial charge is 0.271 e. The first-order chi connectivity index (χ1) is 15.2. The summed E-state index contributed by atoms with van der Waals surface area (Å²) in [6.45, 7) is 3.08. The van der Waals surface area contributed by atoms with Gasteiger partial charge >= 0.3 is 0 Å². The van der Waals surface area contributed by atoms with Crippen LogP contribution in [-0.2, 0) is 0 Å². The van der Waals surface area contributed by atoms with Gasteiger partial charge in [-0.3, -0.25) is 9.78 Å². The maximum Gasteiger partial charge on any atom is 0.271 e. The Morgan fingerprint density at radius 3 is 2.48 bits per heavy atom. The standard InChI is InChI=1S/C24H25N3O4/c1-18-6-3-4-7-21(18)30-14-5-15-31-22-9-8-19(16-23(22)29-2)17-26-27-24(28)20-10-12-25-13-11-20/h3-4,6-13,16-17H,5,14-15H2,1-2H3,(H,27,28). The molecule has 1 N–H and O–H groups in total. The van der Waals surface area contributed by atoms with Crippen LogP contribution in [0.2, 0.25) is 0 Å². The maximum atomic E-state index is 12.0. The molecular formula is C24H25N3O4. The zero-order chi connectivity index (χ0) is 21.9. The fourth-order valence-electron chi connectivity index (χ4n) is 2.76. The van der Waals surface area contributed by atoms with Gasteiger partial charge in [0.05, 0.1) is 26.5 Å². The first-order valence-corrected chi connectivity index (χ1v) is 9.90. The van der Waals surface area contributed by atoms with Gasteiger partial charge in [0.15, 0.2) is 11.5 Å². The molecule has 0 fully saturated rings. The van der Waals surface area contributed by atoms with Crippen molar-refractivity contribution in [3.8, 4) is 17.2 Å². The lowest BCUT2D eigenvalue weighted by molar-refractivity contribution is 0.0955. The second-order valence-electron chi connectivity index (χ2n) is 6.66. The number of amides is 1. The van der Waals surface area contributed by atoms with Gasteiger partial charge in [0, 0.05) is 24.4 Å². The van der Waals surface area contributed by atoms with Gasteiger partial charge in [0.2, 0.25) is 0 Å². The average molecular weight is 419 g/mol. The summed E-state index contributed by atoms with van der Waals surface area (Å²) in [7, 11) is 1.58. The first kappa shape index (κ1) is 21.8. The van der Waals surface area contributed by atoms with Gasteiger partial charge in [-0.1, -0.05) is 18.2 Å². The lowest BCUT2D eigenvalue weighted by Gasteiger charge is -2.12. The zero-order valence-corrected chi connectivity index (χ0v) is 17.6. The summed E-state index contributed by atoms with van der Waals surface area (Å²) in [6.07, 6.45) is 5.39. The summed E-state index contributed by atoms with van der Waals surface area (Å²) in [5.41, 5.74) is 4.84. The molecule has 0 bridgehead atoms. The van der Waals surface area contributed by atoms with Gasteiger partial charge in [-0.15, -0.1) is 0 Å². The molecule has 0 spiro atoms. The Labute approximate surface area is 181 Å². The van der Waals surface area contributed by atoms with Crippen molar-refractivity contribution in [1.29, 1.82) is 0 Å². The Hall–Kier alpha value is -3.87. The topological polar surface area (TPSA) is 82.0 Å². The molecule has 2 aromatic carbocycles. The summed E-state index contributed by atoms with van der Waals surface area (Å²) >= 11 is 0. The van der Waals surface area contributed by atoms with Gasteiger partial charge in [0.25, 0.3) is 5.91 Å². The first-order valence-electron chi connectivity index (χ1n) is 9.90. The monoisotopic (exact) mass is 419 g/mol. The van der Waals surface area contributed by atoms with Crippen LogP contribution < -0.4 is 19.6 Å². The molecule has 0 atom stereocenters. The van der Waals surface area contributed by atoms with E-state index in [1.54, 1.807) is 43.9 Å². The van der Waals surface area contributed by atoms with Crippen molar-refractivity contribution in [3.05, 3.63) is 83.7 Å². The minimum absolute atomic E-state index is 0.307. The molecule has 0 aliphatic heterocycles. The number of hydrogen-bond acceptors (Lipinski definition) is 6. The number of pyridine rings is 1. The van der Waals surface area contributed by atoms with Crippen LogP contribution in [0.15, 0.2) is 72.1 Å². The molecule has 0 unspecified atom stereocenters. The van der Waals surface area contributed by atoms with Crippen molar-refractivity contribution in [1.82, 2.24) is 10.4 Å². The quantitative estimate of drug-likeness (QED) is 0.305. The number of ether oxygens (including phenoxy) is 3. The van der Waals surface area contributed by atoms with Crippen LogP contribution in [0.3, 0.4) is 0 Å². The van der Waals surface area contributed by atoms with E-state index in [0.717, 1.165) is 23.3 Å². The van der Waals surface area contributed by atoms with E-state index in [2.05, 4.69) is 15.5 Å². The molecule has 7 heteroatoms. The number of methoxy groups -OCH3 is 1. The summed E-state index contributed by atoms with van der Waals surface area (Å²) < 4.78 is 17.0. The fraction of sp³-hybridized carbons (Fsp3) is 0.208. The van der Waals surface area contributed by atoms with Gasteiger partial charge in [-0.25, -0.2) is 5.43 Å². The predicted octanol–water partition coefficient (Wildman–Crippen LogP) is 4.01. The molecule has 3 rings (SSSR count). The largest absolute Gasteiger partial charge is 0.493 e. The number of carbonyl (C=O) groups is 1. The van der Waals surface area contributed by atoms with Crippen LogP contribution in [0, 0.1) is 6.92 Å². The number of benzene rings is 2. The number of rotatable bonds is 10. The number of carbonyl (C=O) groups excluding carboxylic acids is 1. The van der Waals surface area contributed by atoms with Crippen molar-refractivity contribution >= 4 is 12.1 Å². The van der Waals surface area contributed by atoms with Crippen LogP contribution in [0.25, 0.3) is 0 Å². The Balaban J connectivity index is 1.47. The molecule has 3 aromatic rings. The zero-order valence-electron chi connectivity index (χ0n) is 17.6. The van der Waals surface area contributed by atoms with Gasteiger partial charge in [-0.05, 0) is 54.4 Å². The van der Waals surface area contributed by atoms with Crippen LogP contribution in [0.1, 0.15) is 27.9 Å². The van der Waals surface area contributed by atoms with E-state index in [4.69, 9.17) is 14.2 Å². The second kappa shape index (κ2) is 11.3. The lowest BCUT2D eigenvalue weighted by atomic mass is 10.2. The van der Waals surface area contributed by atoms with Gasteiger partial charge in [-0.2, -0.15) is 5.10 Å². The van der Waals surface area contributed by atoms with Crippen LogP contribution in [0.4, 0.5) is 0 Å². The summed E-state index contributed by atoms with van der Waals surface area (Å²) in [5.74, 6) is 1.80. The Kier molecular flexibility index (Phi) is 7.99. The molecule has 1 amide bonds. The van der Waals surface area contributed by atoms with Gasteiger partial charge in [0.1, 0.15) is 5.75 Å². The predicted molar refractivity (Wildman–Crippen MR) is 119 cm³/mol. The Morgan fingerprint density at radius 1 is 1.00 bits per heavy atom. The highest BCUT2D eigenvalue weighted by molar-refractivity contribution is 5.94. The van der Waals surface area contributed by atoms with Crippen molar-refractivity contribution in [2.75, 3.05) is 20.3 Å². The van der Waals surface area contributed by atoms with E-state index in [-0.39, 0.29) is 5.91 Å². The van der Waals surface area contributed by atoms with E-state index in [1.807, 2.05) is 43.3 Å². The van der Waals surface area contributed by atoms with Crippen LogP contribution in [0.5, 0.6) is 17.2 Å². The lowest BCUT2D eigenvalue weighted by Crippen LogP contribution is -2.17. The number of aryl methyl sites for hydroxylation is 1. The van der Waals surface area contributed by atoms with Crippen molar-refractivity contribution in [2.45, 2.75) is 13.3 Å². The molecule has 0 aliphatic rings. The van der Waals surface area contributed by atoms with E-state index >= 15 is 0 Å². The van der Waals surface area contributed by atoms with Crippen molar-refractivity contribution in [2.24, 2.45) is 5.10 Å². The molecule has 7 nitrogen and oxygen atoms in total. The highest BCUT2D eigenvalue weighted by atomic mass is 16.5. The SMILES string of the molecule is COc1cc(C=NNC(=O)c2ccncc2)ccc1OCCCOc1ccccc1C. The molecule has 1 aromatic heterocycles. The van der Waals surface area contributed by atoms with Gasteiger partial charge < -0.3 is 14.2 Å². The minimum atomic E-state index is -0.307. The molecule has 0 saturated heterocycles. The molecule has 160 valence electrons. The minimum Gasteiger partial charge on any atom is -0.493 e. The number of hydrazone groups is 1. The highest BCUT2D eigenvalue weighted by Crippen LogP contribution is 2.27. The molecule has 0 radical (unpaired) electrons. The maximum absolute atomic E-state index is 12.0. The molecular weight excluding hydrogens is 394 g/mol. The normalized spacial score (nSPS) is 10.6. The number of para-hydroxylation sites is 1. The fourth-order valence-corrected chi connectivity index (χ4v) is 2.76. The third kappa shape index (κ3) is 6.57. The van der Waals surface area contributed by atoms with E-state index in [0.29, 0.717) is 30.3 Å². The van der Waals surface area contributed by atoms with E-state index in [9.17, 15) is 4.79 Å². The van der Waals surface area contributed by atoms with E-state index < -0.39 is 0 Å². The second-order valence-corrected chi connectivity index (χ2v) is 6.66. The number of nitrogens with zero attached hydrogens (tertiary/aromatic N) is 2. The summed E-state index contributed by atoms with van der Waals surface area (Å²) in [6, 6.07) is 16.6. The summed E-state index contributed by atoms with van der Waals surface area (Å²) in [5, 5.41) is 3.99. The van der Waals surface area contributed by atoms with E-state index in [1.165, 1.54) is 0 Å². The third-order valence-corrected chi connectivity index (χ3v) is 4.41. The van der Waals surface area contributed by atoms with Crippen molar-refractivity contribution in [3.63, 3.8) is 0 Å². The Bertz CT molecular complexity index is 1020.